The molecule has 0 spiro atoms. The largest absolute Gasteiger partial charge is 0.490 e. The highest BCUT2D eigenvalue weighted by Gasteiger charge is 2.31. The molecule has 1 heterocycles. The SMILES string of the molecule is CC(CCC(C)C(=O)c1cc2cc(O[C@H]3C[C@H](NC(C)C)C3)ccc2o1)NC[C@H](C)Oc1cc(F)cc(C(C)C)c1. The van der Waals surface area contributed by atoms with Crippen molar-refractivity contribution in [2.75, 3.05) is 6.54 Å². The normalized spacial score (nSPS) is 19.3. The monoisotopic (exact) mass is 566 g/mol. The van der Waals surface area contributed by atoms with E-state index in [-0.39, 0.29) is 41.7 Å². The molecule has 0 saturated heterocycles. The fraction of sp³-hybridized carbons (Fsp3) is 0.559. The molecule has 4 rings (SSSR count). The molecule has 2 aromatic carbocycles. The molecular formula is C34H47FN2O4. The Balaban J connectivity index is 1.21. The summed E-state index contributed by atoms with van der Waals surface area (Å²) < 4.78 is 32.0. The van der Waals surface area contributed by atoms with E-state index in [1.165, 1.54) is 6.07 Å². The Labute approximate surface area is 244 Å². The summed E-state index contributed by atoms with van der Waals surface area (Å²) in [6, 6.07) is 13.7. The highest BCUT2D eigenvalue weighted by Crippen LogP contribution is 2.31. The van der Waals surface area contributed by atoms with Gasteiger partial charge < -0.3 is 24.5 Å². The molecule has 0 aliphatic heterocycles. The Bertz CT molecular complexity index is 1300. The van der Waals surface area contributed by atoms with Gasteiger partial charge in [-0.3, -0.25) is 4.79 Å². The van der Waals surface area contributed by atoms with Gasteiger partial charge in [-0.25, -0.2) is 4.39 Å². The third kappa shape index (κ3) is 8.79. The number of ketones is 1. The molecule has 41 heavy (non-hydrogen) atoms. The first-order chi connectivity index (χ1) is 19.5. The van der Waals surface area contributed by atoms with Crippen LogP contribution in [-0.4, -0.2) is 42.7 Å². The number of ether oxygens (including phenoxy) is 2. The number of furan rings is 1. The predicted octanol–water partition coefficient (Wildman–Crippen LogP) is 7.65. The van der Waals surface area contributed by atoms with Gasteiger partial charge in [0.2, 0.25) is 5.78 Å². The van der Waals surface area contributed by atoms with Gasteiger partial charge in [-0.2, -0.15) is 0 Å². The molecule has 1 aromatic heterocycles. The number of fused-ring (bicyclic) bond motifs is 1. The van der Waals surface area contributed by atoms with Gasteiger partial charge in [-0.1, -0.05) is 34.6 Å². The highest BCUT2D eigenvalue weighted by atomic mass is 19.1. The van der Waals surface area contributed by atoms with Crippen molar-refractivity contribution in [1.82, 2.24) is 10.6 Å². The fourth-order valence-corrected chi connectivity index (χ4v) is 5.28. The Morgan fingerprint density at radius 2 is 1.73 bits per heavy atom. The lowest BCUT2D eigenvalue weighted by molar-refractivity contribution is 0.0816. The number of benzene rings is 2. The first kappa shape index (κ1) is 31.0. The van der Waals surface area contributed by atoms with Gasteiger partial charge in [-0.15, -0.1) is 0 Å². The predicted molar refractivity (Wildman–Crippen MR) is 163 cm³/mol. The van der Waals surface area contributed by atoms with Crippen LogP contribution < -0.4 is 20.1 Å². The molecule has 1 fully saturated rings. The molecule has 7 heteroatoms. The summed E-state index contributed by atoms with van der Waals surface area (Å²) in [6.45, 7) is 15.0. The maximum absolute atomic E-state index is 14.0. The third-order valence-electron chi connectivity index (χ3n) is 7.83. The summed E-state index contributed by atoms with van der Waals surface area (Å²) in [7, 11) is 0. The molecule has 0 amide bonds. The average molecular weight is 567 g/mol. The van der Waals surface area contributed by atoms with E-state index in [1.54, 1.807) is 6.07 Å². The van der Waals surface area contributed by atoms with Crippen molar-refractivity contribution in [3.63, 3.8) is 0 Å². The topological polar surface area (TPSA) is 72.7 Å². The van der Waals surface area contributed by atoms with Crippen molar-refractivity contribution >= 4 is 16.8 Å². The van der Waals surface area contributed by atoms with Crippen molar-refractivity contribution in [3.8, 4) is 11.5 Å². The van der Waals surface area contributed by atoms with Crippen molar-refractivity contribution in [1.29, 1.82) is 0 Å². The number of hydrogen-bond acceptors (Lipinski definition) is 6. The van der Waals surface area contributed by atoms with Crippen molar-refractivity contribution in [2.45, 2.75) is 110 Å². The molecule has 224 valence electrons. The van der Waals surface area contributed by atoms with Gasteiger partial charge in [0.15, 0.2) is 5.76 Å². The van der Waals surface area contributed by atoms with Gasteiger partial charge in [0.1, 0.15) is 35.1 Å². The van der Waals surface area contributed by atoms with Crippen LogP contribution in [0.2, 0.25) is 0 Å². The zero-order valence-corrected chi connectivity index (χ0v) is 25.6. The minimum atomic E-state index is -0.279. The summed E-state index contributed by atoms with van der Waals surface area (Å²) in [5.74, 6) is 1.57. The van der Waals surface area contributed by atoms with Crippen LogP contribution in [0.25, 0.3) is 11.0 Å². The van der Waals surface area contributed by atoms with Crippen molar-refractivity contribution in [2.24, 2.45) is 5.92 Å². The summed E-state index contributed by atoms with van der Waals surface area (Å²) in [5.41, 5.74) is 1.62. The lowest BCUT2D eigenvalue weighted by Gasteiger charge is -2.37. The first-order valence-corrected chi connectivity index (χ1v) is 15.2. The molecule has 0 bridgehead atoms. The van der Waals surface area contributed by atoms with Gasteiger partial charge in [0.05, 0.1) is 0 Å². The highest BCUT2D eigenvalue weighted by molar-refractivity contribution is 5.99. The molecule has 1 saturated carbocycles. The van der Waals surface area contributed by atoms with Crippen LogP contribution in [0.5, 0.6) is 11.5 Å². The Kier molecular flexibility index (Phi) is 10.5. The van der Waals surface area contributed by atoms with Crippen molar-refractivity contribution in [3.05, 3.63) is 59.6 Å². The first-order valence-electron chi connectivity index (χ1n) is 15.2. The second-order valence-electron chi connectivity index (χ2n) is 12.5. The number of carbonyl (C=O) groups is 1. The minimum Gasteiger partial charge on any atom is -0.490 e. The van der Waals surface area contributed by atoms with E-state index in [2.05, 4.69) is 31.4 Å². The van der Waals surface area contributed by atoms with E-state index in [0.29, 0.717) is 35.7 Å². The van der Waals surface area contributed by atoms with E-state index < -0.39 is 0 Å². The van der Waals surface area contributed by atoms with Crippen LogP contribution in [-0.2, 0) is 0 Å². The van der Waals surface area contributed by atoms with Crippen LogP contribution in [0.4, 0.5) is 4.39 Å². The zero-order chi connectivity index (χ0) is 29.7. The van der Waals surface area contributed by atoms with E-state index in [0.717, 1.165) is 42.4 Å². The molecule has 1 aliphatic rings. The number of nitrogens with one attached hydrogen (secondary N) is 2. The standard InChI is InChI=1S/C34H47FN2O4/c1-20(2)25-12-27(35)16-30(13-25)39-24(7)19-36-23(6)9-8-22(5)34(38)33-15-26-14-29(10-11-32(26)41-33)40-31-17-28(18-31)37-21(3)4/h10-16,20-24,28,31,36-37H,8-9,17-19H2,1-7H3/t22?,23?,24-,28-,31-/m0/s1. The van der Waals surface area contributed by atoms with E-state index in [9.17, 15) is 9.18 Å². The fourth-order valence-electron chi connectivity index (χ4n) is 5.28. The molecule has 3 aromatic rings. The van der Waals surface area contributed by atoms with Gasteiger partial charge in [-0.05, 0) is 87.4 Å². The maximum Gasteiger partial charge on any atom is 0.200 e. The van der Waals surface area contributed by atoms with Crippen LogP contribution in [0.3, 0.4) is 0 Å². The Hall–Kier alpha value is -2.90. The summed E-state index contributed by atoms with van der Waals surface area (Å²) in [4.78, 5) is 13.1. The lowest BCUT2D eigenvalue weighted by Crippen LogP contribution is -2.49. The quantitative estimate of drug-likeness (QED) is 0.184. The molecule has 2 unspecified atom stereocenters. The zero-order valence-electron chi connectivity index (χ0n) is 25.6. The van der Waals surface area contributed by atoms with Crippen LogP contribution in [0.15, 0.2) is 46.9 Å². The van der Waals surface area contributed by atoms with E-state index in [4.69, 9.17) is 13.9 Å². The van der Waals surface area contributed by atoms with E-state index >= 15 is 0 Å². The molecular weight excluding hydrogens is 519 g/mol. The maximum atomic E-state index is 14.0. The van der Waals surface area contributed by atoms with Crippen LogP contribution in [0.1, 0.15) is 96.2 Å². The van der Waals surface area contributed by atoms with E-state index in [1.807, 2.05) is 58.0 Å². The van der Waals surface area contributed by atoms with Crippen LogP contribution >= 0.6 is 0 Å². The lowest BCUT2D eigenvalue weighted by atomic mass is 9.88. The third-order valence-corrected chi connectivity index (χ3v) is 7.83. The summed E-state index contributed by atoms with van der Waals surface area (Å²) >= 11 is 0. The van der Waals surface area contributed by atoms with Crippen molar-refractivity contribution < 1.29 is 23.1 Å². The summed E-state index contributed by atoms with van der Waals surface area (Å²) in [6.07, 6.45) is 3.69. The van der Waals surface area contributed by atoms with Gasteiger partial charge in [0, 0.05) is 42.0 Å². The average Bonchev–Trinajstić information content (AvgIpc) is 3.31. The molecule has 0 radical (unpaired) electrons. The number of rotatable bonds is 15. The molecule has 2 N–H and O–H groups in total. The second-order valence-corrected chi connectivity index (χ2v) is 12.5. The van der Waals surface area contributed by atoms with Crippen LogP contribution in [0, 0.1) is 11.7 Å². The number of carbonyl (C=O) groups excluding carboxylic acids is 1. The van der Waals surface area contributed by atoms with Gasteiger partial charge >= 0.3 is 0 Å². The molecule has 6 nitrogen and oxygen atoms in total. The number of hydrogen-bond donors (Lipinski definition) is 2. The van der Waals surface area contributed by atoms with Gasteiger partial charge in [0.25, 0.3) is 0 Å². The molecule has 3 atom stereocenters. The Morgan fingerprint density at radius 1 is 0.976 bits per heavy atom. The smallest absolute Gasteiger partial charge is 0.200 e. The molecule has 1 aliphatic carbocycles. The Morgan fingerprint density at radius 3 is 2.44 bits per heavy atom. The minimum absolute atomic E-state index is 0.0150. The number of halogens is 1. The summed E-state index contributed by atoms with van der Waals surface area (Å²) in [5, 5.41) is 7.91. The number of Topliss-reactive ketones (excluding diaryl/α,β-unsaturated/α-hetero) is 1. The second kappa shape index (κ2) is 13.8.